The molecule has 0 spiro atoms. The molecule has 0 aliphatic carbocycles. The van der Waals surface area contributed by atoms with E-state index >= 15 is 0 Å². The molecule has 2 atom stereocenters. The van der Waals surface area contributed by atoms with Gasteiger partial charge in [-0.1, -0.05) is 19.9 Å². The molecule has 1 unspecified atom stereocenters. The van der Waals surface area contributed by atoms with E-state index in [-0.39, 0.29) is 34.8 Å². The number of amides is 2. The minimum absolute atomic E-state index is 0.0225. The Kier molecular flexibility index (Phi) is 5.98. The summed E-state index contributed by atoms with van der Waals surface area (Å²) in [5.74, 6) is -2.42. The summed E-state index contributed by atoms with van der Waals surface area (Å²) in [6.07, 6.45) is 2.08. The maximum absolute atomic E-state index is 13.8. The Labute approximate surface area is 187 Å². The molecule has 7 nitrogen and oxygen atoms in total. The van der Waals surface area contributed by atoms with Crippen LogP contribution in [-0.2, 0) is 13.1 Å². The van der Waals surface area contributed by atoms with Crippen molar-refractivity contribution in [1.82, 2.24) is 14.8 Å². The Balaban J connectivity index is 1.60. The van der Waals surface area contributed by atoms with E-state index < -0.39 is 34.6 Å². The number of hydrogen-bond acceptors (Lipinski definition) is 5. The molecule has 2 aliphatic rings. The van der Waals surface area contributed by atoms with Crippen molar-refractivity contribution in [1.29, 1.82) is 0 Å². The van der Waals surface area contributed by atoms with Gasteiger partial charge in [0.15, 0.2) is 11.4 Å². The monoisotopic (exact) mass is 463 g/mol. The predicted octanol–water partition coefficient (Wildman–Crippen LogP) is 2.71. The van der Waals surface area contributed by atoms with Gasteiger partial charge in [-0.2, -0.15) is 0 Å². The van der Waals surface area contributed by atoms with Crippen LogP contribution in [0.5, 0.6) is 5.75 Å². The van der Waals surface area contributed by atoms with Gasteiger partial charge in [-0.3, -0.25) is 14.4 Å². The van der Waals surface area contributed by atoms with Crippen LogP contribution < -0.4 is 10.7 Å². The van der Waals surface area contributed by atoms with Crippen molar-refractivity contribution in [3.63, 3.8) is 0 Å². The van der Waals surface area contributed by atoms with E-state index in [9.17, 15) is 28.3 Å². The zero-order valence-corrected chi connectivity index (χ0v) is 18.4. The molecule has 2 amide bonds. The summed E-state index contributed by atoms with van der Waals surface area (Å²) in [6.45, 7) is 4.21. The van der Waals surface area contributed by atoms with E-state index in [2.05, 4.69) is 19.2 Å². The SMILES string of the molecule is CC(C)C[C@H]1CSC2Cn3cc(C(=O)NCc4ccc(F)cc4F)c(=O)c(O)c3C(=O)N21. The molecule has 32 heavy (non-hydrogen) atoms. The number of carbonyl (C=O) groups excluding carboxylic acids is 2. The van der Waals surface area contributed by atoms with Crippen LogP contribution in [0.25, 0.3) is 0 Å². The van der Waals surface area contributed by atoms with Gasteiger partial charge >= 0.3 is 0 Å². The standard InChI is InChI=1S/C22H23F2N3O4S/c1-11(2)5-14-10-32-17-9-26-8-15(19(28)20(29)18(26)22(31)27(14)17)21(30)25-7-12-3-4-13(23)6-16(12)24/h3-4,6,8,11,14,17,29H,5,7,9-10H2,1-2H3,(H,25,30)/t14-,17?/m0/s1. The van der Waals surface area contributed by atoms with Gasteiger partial charge in [0.1, 0.15) is 17.2 Å². The minimum atomic E-state index is -0.965. The predicted molar refractivity (Wildman–Crippen MR) is 116 cm³/mol. The normalized spacial score (nSPS) is 19.8. The van der Waals surface area contributed by atoms with Crippen molar-refractivity contribution >= 4 is 23.6 Å². The zero-order valence-electron chi connectivity index (χ0n) is 17.6. The number of carbonyl (C=O) groups is 2. The van der Waals surface area contributed by atoms with E-state index in [0.29, 0.717) is 18.5 Å². The highest BCUT2D eigenvalue weighted by Gasteiger charge is 2.44. The smallest absolute Gasteiger partial charge is 0.275 e. The number of pyridine rings is 1. The maximum atomic E-state index is 13.8. The van der Waals surface area contributed by atoms with Gasteiger partial charge in [0.05, 0.1) is 11.9 Å². The highest BCUT2D eigenvalue weighted by molar-refractivity contribution is 8.00. The Hall–Kier alpha value is -2.88. The van der Waals surface area contributed by atoms with Gasteiger partial charge in [0.25, 0.3) is 11.8 Å². The van der Waals surface area contributed by atoms with Crippen LogP contribution in [0, 0.1) is 17.6 Å². The van der Waals surface area contributed by atoms with E-state index in [4.69, 9.17) is 0 Å². The number of halogens is 2. The number of aromatic hydroxyl groups is 1. The van der Waals surface area contributed by atoms with Crippen molar-refractivity contribution in [2.45, 2.75) is 44.8 Å². The topological polar surface area (TPSA) is 91.6 Å². The summed E-state index contributed by atoms with van der Waals surface area (Å²) in [5.41, 5.74) is -1.39. The average molecular weight is 464 g/mol. The Bertz CT molecular complexity index is 1150. The lowest BCUT2D eigenvalue weighted by Crippen LogP contribution is -2.49. The second-order valence-electron chi connectivity index (χ2n) is 8.42. The molecule has 4 rings (SSSR count). The summed E-state index contributed by atoms with van der Waals surface area (Å²) in [7, 11) is 0. The lowest BCUT2D eigenvalue weighted by Gasteiger charge is -2.36. The molecule has 0 saturated carbocycles. The number of hydrogen-bond donors (Lipinski definition) is 2. The average Bonchev–Trinajstić information content (AvgIpc) is 3.11. The first-order valence-corrected chi connectivity index (χ1v) is 11.3. The third-order valence-corrected chi connectivity index (χ3v) is 7.01. The third kappa shape index (κ3) is 3.99. The number of nitrogens with one attached hydrogen (secondary N) is 1. The number of nitrogens with zero attached hydrogens (tertiary/aromatic N) is 2. The zero-order chi connectivity index (χ0) is 23.2. The van der Waals surface area contributed by atoms with E-state index in [1.165, 1.54) is 16.8 Å². The van der Waals surface area contributed by atoms with Crippen LogP contribution in [0.15, 0.2) is 29.2 Å². The molecule has 1 aromatic carbocycles. The van der Waals surface area contributed by atoms with E-state index in [1.54, 1.807) is 16.7 Å². The number of benzene rings is 1. The molecule has 10 heteroatoms. The fourth-order valence-electron chi connectivity index (χ4n) is 4.19. The van der Waals surface area contributed by atoms with Crippen LogP contribution in [0.1, 0.15) is 46.7 Å². The highest BCUT2D eigenvalue weighted by atomic mass is 32.2. The van der Waals surface area contributed by atoms with Gasteiger partial charge in [-0.15, -0.1) is 11.8 Å². The lowest BCUT2D eigenvalue weighted by atomic mass is 10.0. The molecule has 2 aromatic rings. The van der Waals surface area contributed by atoms with Crippen molar-refractivity contribution in [2.24, 2.45) is 5.92 Å². The number of rotatable bonds is 5. The molecule has 3 heterocycles. The van der Waals surface area contributed by atoms with Gasteiger partial charge in [-0.05, 0) is 18.4 Å². The number of aromatic nitrogens is 1. The van der Waals surface area contributed by atoms with Crippen LogP contribution >= 0.6 is 11.8 Å². The molecule has 1 saturated heterocycles. The molecule has 0 bridgehead atoms. The second kappa shape index (κ2) is 8.57. The van der Waals surface area contributed by atoms with E-state index in [0.717, 1.165) is 18.2 Å². The number of thioether (sulfide) groups is 1. The minimum Gasteiger partial charge on any atom is -0.503 e. The largest absolute Gasteiger partial charge is 0.503 e. The van der Waals surface area contributed by atoms with Crippen molar-refractivity contribution in [3.05, 3.63) is 63.1 Å². The van der Waals surface area contributed by atoms with Gasteiger partial charge in [0, 0.05) is 36.2 Å². The maximum Gasteiger partial charge on any atom is 0.275 e. The summed E-state index contributed by atoms with van der Waals surface area (Å²) in [4.78, 5) is 40.2. The lowest BCUT2D eigenvalue weighted by molar-refractivity contribution is 0.0600. The second-order valence-corrected chi connectivity index (χ2v) is 9.63. The summed E-state index contributed by atoms with van der Waals surface area (Å²) in [6, 6.07) is 2.98. The molecule has 1 fully saturated rings. The Morgan fingerprint density at radius 2 is 2.06 bits per heavy atom. The molecule has 0 radical (unpaired) electrons. The van der Waals surface area contributed by atoms with Crippen LogP contribution in [0.4, 0.5) is 8.78 Å². The van der Waals surface area contributed by atoms with Crippen molar-refractivity contribution in [2.75, 3.05) is 5.75 Å². The first-order chi connectivity index (χ1) is 15.2. The molecule has 1 aromatic heterocycles. The van der Waals surface area contributed by atoms with Gasteiger partial charge in [-0.25, -0.2) is 8.78 Å². The summed E-state index contributed by atoms with van der Waals surface area (Å²) < 4.78 is 28.3. The Morgan fingerprint density at radius 1 is 1.31 bits per heavy atom. The molecule has 170 valence electrons. The third-order valence-electron chi connectivity index (χ3n) is 5.67. The molecule has 2 aliphatic heterocycles. The quantitative estimate of drug-likeness (QED) is 0.712. The molecule has 2 N–H and O–H groups in total. The number of fused-ring (bicyclic) bond motifs is 2. The van der Waals surface area contributed by atoms with Crippen LogP contribution in [0.3, 0.4) is 0 Å². The van der Waals surface area contributed by atoms with E-state index in [1.807, 2.05) is 0 Å². The summed E-state index contributed by atoms with van der Waals surface area (Å²) >= 11 is 1.63. The van der Waals surface area contributed by atoms with Crippen LogP contribution in [-0.4, -0.2) is 43.6 Å². The molecular weight excluding hydrogens is 440 g/mol. The molecular formula is C22H23F2N3O4S. The fraction of sp³-hybridized carbons (Fsp3) is 0.409. The van der Waals surface area contributed by atoms with Crippen LogP contribution in [0.2, 0.25) is 0 Å². The fourth-order valence-corrected chi connectivity index (χ4v) is 5.62. The van der Waals surface area contributed by atoms with Crippen molar-refractivity contribution in [3.8, 4) is 5.75 Å². The first kappa shape index (κ1) is 22.3. The summed E-state index contributed by atoms with van der Waals surface area (Å²) in [5, 5.41) is 12.8. The van der Waals surface area contributed by atoms with Gasteiger partial charge < -0.3 is 19.9 Å². The van der Waals surface area contributed by atoms with Gasteiger partial charge in [0.2, 0.25) is 5.43 Å². The highest BCUT2D eigenvalue weighted by Crippen LogP contribution is 2.38. The Morgan fingerprint density at radius 3 is 2.75 bits per heavy atom. The first-order valence-electron chi connectivity index (χ1n) is 10.3. The van der Waals surface area contributed by atoms with Crippen molar-refractivity contribution < 1.29 is 23.5 Å².